The molecule has 0 saturated carbocycles. The van der Waals surface area contributed by atoms with Crippen LogP contribution >= 0.6 is 0 Å². The van der Waals surface area contributed by atoms with Crippen LogP contribution in [0.1, 0.15) is 25.0 Å². The number of rotatable bonds is 3. The van der Waals surface area contributed by atoms with E-state index >= 15 is 0 Å². The lowest BCUT2D eigenvalue weighted by Crippen LogP contribution is -2.34. The van der Waals surface area contributed by atoms with E-state index in [1.807, 2.05) is 13.8 Å². The SMILES string of the molecule is COc1cc(F)c(C)cc1CC(C)(C)N. The summed E-state index contributed by atoms with van der Waals surface area (Å²) in [6, 6.07) is 3.21. The Morgan fingerprint density at radius 1 is 1.40 bits per heavy atom. The summed E-state index contributed by atoms with van der Waals surface area (Å²) in [6.07, 6.45) is 0.664. The van der Waals surface area contributed by atoms with E-state index in [9.17, 15) is 4.39 Å². The van der Waals surface area contributed by atoms with Gasteiger partial charge in [-0.15, -0.1) is 0 Å². The van der Waals surface area contributed by atoms with Crippen molar-refractivity contribution in [3.8, 4) is 5.75 Å². The fourth-order valence-electron chi connectivity index (χ4n) is 1.54. The van der Waals surface area contributed by atoms with E-state index in [1.54, 1.807) is 13.0 Å². The quantitative estimate of drug-likeness (QED) is 0.833. The van der Waals surface area contributed by atoms with E-state index < -0.39 is 0 Å². The molecule has 0 amide bonds. The summed E-state index contributed by atoms with van der Waals surface area (Å²) in [4.78, 5) is 0. The highest BCUT2D eigenvalue weighted by Crippen LogP contribution is 2.25. The molecule has 84 valence electrons. The third-order valence-electron chi connectivity index (χ3n) is 2.21. The fraction of sp³-hybridized carbons (Fsp3) is 0.500. The highest BCUT2D eigenvalue weighted by atomic mass is 19.1. The van der Waals surface area contributed by atoms with Gasteiger partial charge in [-0.25, -0.2) is 4.39 Å². The minimum Gasteiger partial charge on any atom is -0.496 e. The fourth-order valence-corrected chi connectivity index (χ4v) is 1.54. The van der Waals surface area contributed by atoms with E-state index in [0.29, 0.717) is 17.7 Å². The van der Waals surface area contributed by atoms with Crippen LogP contribution < -0.4 is 10.5 Å². The molecule has 0 saturated heterocycles. The summed E-state index contributed by atoms with van der Waals surface area (Å²) in [7, 11) is 1.54. The molecule has 0 fully saturated rings. The summed E-state index contributed by atoms with van der Waals surface area (Å²) in [5, 5.41) is 0. The molecule has 1 rings (SSSR count). The smallest absolute Gasteiger partial charge is 0.129 e. The molecular formula is C12H18FNO. The molecule has 2 nitrogen and oxygen atoms in total. The number of methoxy groups -OCH3 is 1. The van der Waals surface area contributed by atoms with Crippen LogP contribution in [0.3, 0.4) is 0 Å². The number of hydrogen-bond acceptors (Lipinski definition) is 2. The Morgan fingerprint density at radius 2 is 2.00 bits per heavy atom. The Hall–Kier alpha value is -1.09. The van der Waals surface area contributed by atoms with Crippen LogP contribution in [0.15, 0.2) is 12.1 Å². The maximum absolute atomic E-state index is 13.3. The van der Waals surface area contributed by atoms with Crippen LogP contribution in [0.25, 0.3) is 0 Å². The van der Waals surface area contributed by atoms with Gasteiger partial charge in [-0.05, 0) is 44.4 Å². The van der Waals surface area contributed by atoms with Gasteiger partial charge in [-0.3, -0.25) is 0 Å². The van der Waals surface area contributed by atoms with Gasteiger partial charge in [-0.2, -0.15) is 0 Å². The number of nitrogens with two attached hydrogens (primary N) is 1. The van der Waals surface area contributed by atoms with Crippen molar-refractivity contribution in [3.05, 3.63) is 29.1 Å². The summed E-state index contributed by atoms with van der Waals surface area (Å²) in [6.45, 7) is 5.61. The number of ether oxygens (including phenoxy) is 1. The first-order valence-corrected chi connectivity index (χ1v) is 4.95. The van der Waals surface area contributed by atoms with Gasteiger partial charge in [-0.1, -0.05) is 0 Å². The second-order valence-corrected chi connectivity index (χ2v) is 4.58. The summed E-state index contributed by atoms with van der Waals surface area (Å²) in [5.41, 5.74) is 7.18. The molecule has 0 unspecified atom stereocenters. The second kappa shape index (κ2) is 4.19. The number of aryl methyl sites for hydroxylation is 1. The predicted molar refractivity (Wildman–Crippen MR) is 59.7 cm³/mol. The van der Waals surface area contributed by atoms with Crippen LogP contribution in [-0.2, 0) is 6.42 Å². The molecule has 0 atom stereocenters. The summed E-state index contributed by atoms with van der Waals surface area (Å²) >= 11 is 0. The van der Waals surface area contributed by atoms with Crippen molar-refractivity contribution in [2.75, 3.05) is 7.11 Å². The van der Waals surface area contributed by atoms with Crippen molar-refractivity contribution in [1.82, 2.24) is 0 Å². The molecule has 2 N–H and O–H groups in total. The maximum atomic E-state index is 13.3. The molecular weight excluding hydrogens is 193 g/mol. The molecule has 0 aliphatic heterocycles. The van der Waals surface area contributed by atoms with Crippen molar-refractivity contribution in [1.29, 1.82) is 0 Å². The van der Waals surface area contributed by atoms with E-state index in [-0.39, 0.29) is 11.4 Å². The van der Waals surface area contributed by atoms with E-state index in [4.69, 9.17) is 10.5 Å². The Bertz CT molecular complexity index is 355. The van der Waals surface area contributed by atoms with Gasteiger partial charge in [0.05, 0.1) is 7.11 Å². The first kappa shape index (κ1) is 12.0. The van der Waals surface area contributed by atoms with Crippen LogP contribution in [0.2, 0.25) is 0 Å². The molecule has 1 aromatic carbocycles. The minimum atomic E-state index is -0.322. The lowest BCUT2D eigenvalue weighted by atomic mass is 9.94. The Balaban J connectivity index is 3.11. The van der Waals surface area contributed by atoms with Crippen LogP contribution in [-0.4, -0.2) is 12.6 Å². The molecule has 0 bridgehead atoms. The average Bonchev–Trinajstić information content (AvgIpc) is 2.08. The molecule has 0 spiro atoms. The molecule has 3 heteroatoms. The number of benzene rings is 1. The zero-order chi connectivity index (χ0) is 11.6. The minimum absolute atomic E-state index is 0.245. The first-order valence-electron chi connectivity index (χ1n) is 4.95. The monoisotopic (exact) mass is 211 g/mol. The molecule has 0 aliphatic carbocycles. The Morgan fingerprint density at radius 3 is 2.47 bits per heavy atom. The molecule has 0 heterocycles. The van der Waals surface area contributed by atoms with E-state index in [1.165, 1.54) is 13.2 Å². The molecule has 15 heavy (non-hydrogen) atoms. The highest BCUT2D eigenvalue weighted by molar-refractivity contribution is 5.38. The van der Waals surface area contributed by atoms with Gasteiger partial charge >= 0.3 is 0 Å². The van der Waals surface area contributed by atoms with Gasteiger partial charge in [0, 0.05) is 11.6 Å². The zero-order valence-electron chi connectivity index (χ0n) is 9.73. The van der Waals surface area contributed by atoms with E-state index in [0.717, 1.165) is 5.56 Å². The largest absolute Gasteiger partial charge is 0.496 e. The van der Waals surface area contributed by atoms with Crippen LogP contribution in [0.5, 0.6) is 5.75 Å². The predicted octanol–water partition coefficient (Wildman–Crippen LogP) is 2.42. The van der Waals surface area contributed by atoms with Crippen molar-refractivity contribution in [2.24, 2.45) is 5.73 Å². The Labute approximate surface area is 90.2 Å². The molecule has 0 aromatic heterocycles. The maximum Gasteiger partial charge on any atom is 0.129 e. The van der Waals surface area contributed by atoms with Crippen molar-refractivity contribution >= 4 is 0 Å². The second-order valence-electron chi connectivity index (χ2n) is 4.58. The van der Waals surface area contributed by atoms with Crippen molar-refractivity contribution in [3.63, 3.8) is 0 Å². The summed E-state index contributed by atoms with van der Waals surface area (Å²) in [5.74, 6) is 0.321. The molecule has 0 aliphatic rings. The number of halogens is 1. The Kier molecular flexibility index (Phi) is 3.35. The first-order chi connectivity index (χ1) is 6.83. The summed E-state index contributed by atoms with van der Waals surface area (Å²) < 4.78 is 18.4. The van der Waals surface area contributed by atoms with Gasteiger partial charge in [0.25, 0.3) is 0 Å². The lowest BCUT2D eigenvalue weighted by Gasteiger charge is -2.20. The number of hydrogen-bond donors (Lipinski definition) is 1. The van der Waals surface area contributed by atoms with E-state index in [2.05, 4.69) is 0 Å². The third kappa shape index (κ3) is 3.20. The van der Waals surface area contributed by atoms with Crippen molar-refractivity contribution < 1.29 is 9.13 Å². The highest BCUT2D eigenvalue weighted by Gasteiger charge is 2.16. The zero-order valence-corrected chi connectivity index (χ0v) is 9.73. The van der Waals surface area contributed by atoms with Gasteiger partial charge in [0.15, 0.2) is 0 Å². The van der Waals surface area contributed by atoms with Crippen molar-refractivity contribution in [2.45, 2.75) is 32.7 Å². The van der Waals surface area contributed by atoms with Gasteiger partial charge < -0.3 is 10.5 Å². The third-order valence-corrected chi connectivity index (χ3v) is 2.21. The topological polar surface area (TPSA) is 35.2 Å². The van der Waals surface area contributed by atoms with Gasteiger partial charge in [0.1, 0.15) is 11.6 Å². The normalized spacial score (nSPS) is 11.6. The van der Waals surface area contributed by atoms with Gasteiger partial charge in [0.2, 0.25) is 0 Å². The van der Waals surface area contributed by atoms with Crippen LogP contribution in [0, 0.1) is 12.7 Å². The standard InChI is InChI=1S/C12H18FNO/c1-8-5-9(7-12(2,3)14)11(15-4)6-10(8)13/h5-6H,7,14H2,1-4H3. The molecule has 0 radical (unpaired) electrons. The van der Waals surface area contributed by atoms with Crippen LogP contribution in [0.4, 0.5) is 4.39 Å². The average molecular weight is 211 g/mol. The lowest BCUT2D eigenvalue weighted by molar-refractivity contribution is 0.398. The molecule has 1 aromatic rings.